The summed E-state index contributed by atoms with van der Waals surface area (Å²) in [6, 6.07) is 2.65. The fourth-order valence-corrected chi connectivity index (χ4v) is 3.97. The summed E-state index contributed by atoms with van der Waals surface area (Å²) >= 11 is 1.78. The third kappa shape index (κ3) is 2.71. The molecule has 3 rings (SSSR count). The Bertz CT molecular complexity index is 460. The predicted molar refractivity (Wildman–Crippen MR) is 79.4 cm³/mol. The van der Waals surface area contributed by atoms with E-state index in [1.807, 2.05) is 0 Å². The number of nitrogens with two attached hydrogens (primary N) is 1. The fourth-order valence-electron chi connectivity index (χ4n) is 3.03. The highest BCUT2D eigenvalue weighted by Crippen LogP contribution is 2.36. The molecule has 2 aliphatic rings. The molecular formula is C15H22N2OS. The molecule has 1 aliphatic carbocycles. The van der Waals surface area contributed by atoms with E-state index in [4.69, 9.17) is 10.6 Å². The molecule has 0 aromatic carbocycles. The van der Waals surface area contributed by atoms with Crippen LogP contribution in [0.2, 0.25) is 0 Å². The summed E-state index contributed by atoms with van der Waals surface area (Å²) in [4.78, 5) is 7.18. The van der Waals surface area contributed by atoms with E-state index in [0.717, 1.165) is 0 Å². The lowest BCUT2D eigenvalue weighted by molar-refractivity contribution is -0.148. The molecule has 19 heavy (non-hydrogen) atoms. The number of nitrogens with zero attached hydrogens (tertiary/aromatic N) is 1. The maximum absolute atomic E-state index is 5.98. The molecule has 1 saturated carbocycles. The number of aryl methyl sites for hydroxylation is 1. The minimum Gasteiger partial charge on any atom is -0.301 e. The second kappa shape index (κ2) is 5.65. The van der Waals surface area contributed by atoms with Crippen LogP contribution in [-0.2, 0) is 4.84 Å². The number of hydroxylamine groups is 2. The van der Waals surface area contributed by atoms with Gasteiger partial charge in [0.25, 0.3) is 0 Å². The van der Waals surface area contributed by atoms with Gasteiger partial charge in [-0.1, -0.05) is 25.7 Å². The van der Waals surface area contributed by atoms with Gasteiger partial charge in [-0.25, -0.2) is 5.06 Å². The van der Waals surface area contributed by atoms with Crippen LogP contribution in [0, 0.1) is 6.92 Å². The third-order valence-corrected chi connectivity index (χ3v) is 5.08. The zero-order valence-corrected chi connectivity index (χ0v) is 12.3. The highest BCUT2D eigenvalue weighted by atomic mass is 32.1. The molecule has 0 bridgehead atoms. The number of hydrogen-bond acceptors (Lipinski definition) is 4. The van der Waals surface area contributed by atoms with Crippen LogP contribution in [0.5, 0.6) is 0 Å². The molecule has 1 fully saturated rings. The number of thiophene rings is 1. The second-order valence-electron chi connectivity index (χ2n) is 5.53. The first kappa shape index (κ1) is 13.2. The van der Waals surface area contributed by atoms with Gasteiger partial charge in [-0.3, -0.25) is 4.84 Å². The van der Waals surface area contributed by atoms with E-state index < -0.39 is 0 Å². The van der Waals surface area contributed by atoms with Crippen LogP contribution >= 0.6 is 11.3 Å². The molecule has 1 unspecified atom stereocenters. The van der Waals surface area contributed by atoms with Gasteiger partial charge >= 0.3 is 0 Å². The lowest BCUT2D eigenvalue weighted by atomic mass is 10.1. The van der Waals surface area contributed by atoms with Crippen LogP contribution in [-0.4, -0.2) is 17.3 Å². The van der Waals surface area contributed by atoms with E-state index in [2.05, 4.69) is 29.5 Å². The Balaban J connectivity index is 1.84. The molecule has 2 N–H and O–H groups in total. The molecule has 3 nitrogen and oxygen atoms in total. The average molecular weight is 278 g/mol. The Kier molecular flexibility index (Phi) is 3.91. The molecule has 2 heterocycles. The van der Waals surface area contributed by atoms with Crippen LogP contribution in [0.3, 0.4) is 0 Å². The molecule has 0 saturated heterocycles. The quantitative estimate of drug-likeness (QED) is 0.839. The zero-order valence-electron chi connectivity index (χ0n) is 11.5. The van der Waals surface area contributed by atoms with Crippen molar-refractivity contribution in [1.29, 1.82) is 0 Å². The monoisotopic (exact) mass is 278 g/mol. The highest BCUT2D eigenvalue weighted by Gasteiger charge is 2.31. The van der Waals surface area contributed by atoms with Crippen molar-refractivity contribution in [3.63, 3.8) is 0 Å². The molecule has 1 atom stereocenters. The van der Waals surface area contributed by atoms with Gasteiger partial charge in [-0.05, 0) is 42.9 Å². The van der Waals surface area contributed by atoms with Gasteiger partial charge < -0.3 is 5.73 Å². The summed E-state index contributed by atoms with van der Waals surface area (Å²) in [5.41, 5.74) is 8.48. The summed E-state index contributed by atoms with van der Waals surface area (Å²) in [6.45, 7) is 2.15. The molecule has 0 amide bonds. The van der Waals surface area contributed by atoms with Crippen LogP contribution < -0.4 is 5.73 Å². The Morgan fingerprint density at radius 1 is 1.26 bits per heavy atom. The van der Waals surface area contributed by atoms with Crippen molar-refractivity contribution in [3.05, 3.63) is 28.0 Å². The van der Waals surface area contributed by atoms with E-state index in [1.54, 1.807) is 11.3 Å². The van der Waals surface area contributed by atoms with Crippen molar-refractivity contribution < 1.29 is 4.84 Å². The van der Waals surface area contributed by atoms with E-state index >= 15 is 0 Å². The summed E-state index contributed by atoms with van der Waals surface area (Å²) in [6.07, 6.45) is 9.51. The molecule has 4 heteroatoms. The first-order valence-electron chi connectivity index (χ1n) is 7.23. The summed E-state index contributed by atoms with van der Waals surface area (Å²) in [7, 11) is 0. The van der Waals surface area contributed by atoms with Gasteiger partial charge in [0.15, 0.2) is 6.23 Å². The van der Waals surface area contributed by atoms with Crippen molar-refractivity contribution in [1.82, 2.24) is 5.06 Å². The Hall–Kier alpha value is -0.840. The van der Waals surface area contributed by atoms with E-state index in [-0.39, 0.29) is 6.23 Å². The van der Waals surface area contributed by atoms with Gasteiger partial charge in [0.2, 0.25) is 0 Å². The van der Waals surface area contributed by atoms with Gasteiger partial charge in [0, 0.05) is 0 Å². The first-order chi connectivity index (χ1) is 9.25. The van der Waals surface area contributed by atoms with Crippen molar-refractivity contribution in [2.45, 2.75) is 57.7 Å². The normalized spacial score (nSPS) is 25.5. The molecule has 0 radical (unpaired) electrons. The molecule has 104 valence electrons. The second-order valence-corrected chi connectivity index (χ2v) is 6.44. The SMILES string of the molecule is Cc1ccsc1C1=CC(N)ON1C1CCCCCC1. The lowest BCUT2D eigenvalue weighted by Gasteiger charge is -2.30. The lowest BCUT2D eigenvalue weighted by Crippen LogP contribution is -2.34. The van der Waals surface area contributed by atoms with Crippen LogP contribution in [0.1, 0.15) is 49.0 Å². The summed E-state index contributed by atoms with van der Waals surface area (Å²) in [5.74, 6) is 0. The van der Waals surface area contributed by atoms with Gasteiger partial charge in [0.1, 0.15) is 0 Å². The zero-order chi connectivity index (χ0) is 13.2. The number of hydrogen-bond donors (Lipinski definition) is 1. The molecule has 0 spiro atoms. The highest BCUT2D eigenvalue weighted by molar-refractivity contribution is 7.11. The van der Waals surface area contributed by atoms with E-state index in [1.165, 1.54) is 54.7 Å². The minimum absolute atomic E-state index is 0.292. The standard InChI is InChI=1S/C15H22N2OS/c1-11-8-9-19-15(11)13-10-14(16)18-17(13)12-6-4-2-3-5-7-12/h8-10,12,14H,2-7,16H2,1H3. The number of rotatable bonds is 2. The third-order valence-electron chi connectivity index (χ3n) is 4.05. The van der Waals surface area contributed by atoms with Crippen molar-refractivity contribution >= 4 is 17.0 Å². The van der Waals surface area contributed by atoms with Gasteiger partial charge in [-0.2, -0.15) is 0 Å². The van der Waals surface area contributed by atoms with Gasteiger partial charge in [0.05, 0.1) is 16.6 Å². The average Bonchev–Trinajstić information content (AvgIpc) is 2.86. The van der Waals surface area contributed by atoms with Crippen molar-refractivity contribution in [2.75, 3.05) is 0 Å². The van der Waals surface area contributed by atoms with Gasteiger partial charge in [-0.15, -0.1) is 11.3 Å². The van der Waals surface area contributed by atoms with Crippen molar-refractivity contribution in [3.8, 4) is 0 Å². The van der Waals surface area contributed by atoms with Crippen molar-refractivity contribution in [2.24, 2.45) is 5.73 Å². The van der Waals surface area contributed by atoms with Crippen LogP contribution in [0.4, 0.5) is 0 Å². The topological polar surface area (TPSA) is 38.5 Å². The molecule has 1 aliphatic heterocycles. The summed E-state index contributed by atoms with van der Waals surface area (Å²) in [5, 5.41) is 4.25. The summed E-state index contributed by atoms with van der Waals surface area (Å²) < 4.78 is 0. The smallest absolute Gasteiger partial charge is 0.155 e. The molecular weight excluding hydrogens is 256 g/mol. The maximum Gasteiger partial charge on any atom is 0.155 e. The minimum atomic E-state index is -0.292. The van der Waals surface area contributed by atoms with E-state index in [0.29, 0.717) is 6.04 Å². The van der Waals surface area contributed by atoms with E-state index in [9.17, 15) is 0 Å². The van der Waals surface area contributed by atoms with Crippen LogP contribution in [0.25, 0.3) is 5.70 Å². The maximum atomic E-state index is 5.98. The first-order valence-corrected chi connectivity index (χ1v) is 8.11. The Morgan fingerprint density at radius 3 is 2.63 bits per heavy atom. The molecule has 1 aromatic heterocycles. The van der Waals surface area contributed by atoms with Crippen LogP contribution in [0.15, 0.2) is 17.5 Å². The molecule has 1 aromatic rings. The fraction of sp³-hybridized carbons (Fsp3) is 0.600. The Morgan fingerprint density at radius 2 is 2.00 bits per heavy atom. The Labute approximate surface area is 119 Å². The predicted octanol–water partition coefficient (Wildman–Crippen LogP) is 3.65. The largest absolute Gasteiger partial charge is 0.301 e.